The van der Waals surface area contributed by atoms with Crippen molar-refractivity contribution in [2.75, 3.05) is 6.54 Å². The van der Waals surface area contributed by atoms with Gasteiger partial charge in [0.1, 0.15) is 12.1 Å². The van der Waals surface area contributed by atoms with Crippen molar-refractivity contribution in [2.45, 2.75) is 115 Å². The molecule has 46 heavy (non-hydrogen) atoms. The third kappa shape index (κ3) is 9.47. The first kappa shape index (κ1) is 35.7. The molecule has 12 heteroatoms. The average Bonchev–Trinajstić information content (AvgIpc) is 3.66. The fourth-order valence-corrected chi connectivity index (χ4v) is 6.69. The Morgan fingerprint density at radius 2 is 1.54 bits per heavy atom. The number of amides is 3. The SMILES string of the molecule is Cc1ccc(CNC2CCCCCCCCC[C@H](B(O)O)NC(=O)[C@@H]3C[C@@H](OC(=O)N4Cc5ccccc5C4)CN3C2=O)cc1.Cl. The Labute approximate surface area is 278 Å². The standard InChI is InChI=1S/C34H47BN4O6.ClH/c1-24-15-17-25(18-16-24)20-36-29-13-7-5-3-2-4-6-8-14-31(35(43)44)37-32(40)30-19-28(23-39(30)33(29)41)45-34(42)38-21-26-11-9-10-12-27(26)22-38;/h9-12,15-18,28-31,36,43-44H,2-8,13-14,19-23H2,1H3,(H,37,40);1H/t28-,29?,30+,31-;/m1./s1. The molecule has 250 valence electrons. The maximum Gasteiger partial charge on any atom is 0.475 e. The largest absolute Gasteiger partial charge is 0.475 e. The van der Waals surface area contributed by atoms with Gasteiger partial charge in [0.25, 0.3) is 0 Å². The Balaban J connectivity index is 0.00000480. The number of carbonyl (C=O) groups is 3. The molecular weight excluding hydrogens is 607 g/mol. The van der Waals surface area contributed by atoms with E-state index in [0.29, 0.717) is 32.5 Å². The van der Waals surface area contributed by atoms with Crippen LogP contribution < -0.4 is 10.6 Å². The topological polar surface area (TPSA) is 131 Å². The van der Waals surface area contributed by atoms with Crippen molar-refractivity contribution >= 4 is 37.4 Å². The number of hydrogen-bond donors (Lipinski definition) is 4. The summed E-state index contributed by atoms with van der Waals surface area (Å²) in [5, 5.41) is 26.4. The number of aryl methyl sites for hydroxylation is 1. The van der Waals surface area contributed by atoms with Crippen LogP contribution in [0, 0.1) is 6.92 Å². The van der Waals surface area contributed by atoms with Gasteiger partial charge in [0.05, 0.1) is 18.5 Å². The first-order valence-electron chi connectivity index (χ1n) is 16.6. The number of carbonyl (C=O) groups excluding carboxylic acids is 3. The van der Waals surface area contributed by atoms with E-state index in [4.69, 9.17) is 4.74 Å². The Morgan fingerprint density at radius 3 is 2.17 bits per heavy atom. The van der Waals surface area contributed by atoms with Crippen LogP contribution in [0.3, 0.4) is 0 Å². The zero-order valence-corrected chi connectivity index (χ0v) is 27.6. The zero-order chi connectivity index (χ0) is 31.8. The van der Waals surface area contributed by atoms with Crippen molar-refractivity contribution in [2.24, 2.45) is 0 Å². The number of fused-ring (bicyclic) bond motifs is 2. The summed E-state index contributed by atoms with van der Waals surface area (Å²) in [6.07, 6.45) is 6.87. The number of nitrogens with zero attached hydrogens (tertiary/aromatic N) is 2. The second-order valence-corrected chi connectivity index (χ2v) is 12.9. The van der Waals surface area contributed by atoms with Crippen LogP contribution in [0.2, 0.25) is 0 Å². The molecule has 3 heterocycles. The van der Waals surface area contributed by atoms with Crippen LogP contribution in [0.1, 0.15) is 86.5 Å². The quantitative estimate of drug-likeness (QED) is 0.358. The van der Waals surface area contributed by atoms with Crippen LogP contribution in [0.4, 0.5) is 4.79 Å². The average molecular weight is 655 g/mol. The van der Waals surface area contributed by atoms with Gasteiger partial charge in [-0.25, -0.2) is 4.79 Å². The third-order valence-electron chi connectivity index (χ3n) is 9.38. The van der Waals surface area contributed by atoms with Crippen LogP contribution in [0.15, 0.2) is 48.5 Å². The summed E-state index contributed by atoms with van der Waals surface area (Å²) in [5.74, 6) is -1.51. The summed E-state index contributed by atoms with van der Waals surface area (Å²) < 4.78 is 5.93. The van der Waals surface area contributed by atoms with Crippen molar-refractivity contribution in [1.82, 2.24) is 20.4 Å². The maximum atomic E-state index is 14.2. The molecule has 0 spiro atoms. The summed E-state index contributed by atoms with van der Waals surface area (Å²) in [5.41, 5.74) is 4.38. The van der Waals surface area contributed by atoms with E-state index >= 15 is 0 Å². The predicted octanol–water partition coefficient (Wildman–Crippen LogP) is 4.02. The fourth-order valence-electron chi connectivity index (χ4n) is 6.69. The number of hydrogen-bond acceptors (Lipinski definition) is 7. The first-order valence-corrected chi connectivity index (χ1v) is 16.6. The van der Waals surface area contributed by atoms with Crippen molar-refractivity contribution < 1.29 is 29.2 Å². The molecule has 5 rings (SSSR count). The Hall–Kier alpha value is -3.12. The molecule has 3 aliphatic rings. The van der Waals surface area contributed by atoms with Gasteiger partial charge in [-0.3, -0.25) is 14.5 Å². The van der Waals surface area contributed by atoms with E-state index < -0.39 is 43.2 Å². The summed E-state index contributed by atoms with van der Waals surface area (Å²) in [4.78, 5) is 44.3. The third-order valence-corrected chi connectivity index (χ3v) is 9.38. The molecule has 0 radical (unpaired) electrons. The van der Waals surface area contributed by atoms with Gasteiger partial charge >= 0.3 is 13.2 Å². The Kier molecular flexibility index (Phi) is 13.3. The Morgan fingerprint density at radius 1 is 0.935 bits per heavy atom. The van der Waals surface area contributed by atoms with Crippen LogP contribution in [-0.4, -0.2) is 75.5 Å². The molecule has 0 aliphatic carbocycles. The summed E-state index contributed by atoms with van der Waals surface area (Å²) >= 11 is 0. The fraction of sp³-hybridized carbons (Fsp3) is 0.559. The van der Waals surface area contributed by atoms with Crippen molar-refractivity contribution in [3.63, 3.8) is 0 Å². The highest BCUT2D eigenvalue weighted by Gasteiger charge is 2.44. The van der Waals surface area contributed by atoms with Crippen LogP contribution in [-0.2, 0) is 34.0 Å². The van der Waals surface area contributed by atoms with Gasteiger partial charge < -0.3 is 30.3 Å². The number of ether oxygens (including phenoxy) is 1. The molecule has 0 aromatic heterocycles. The first-order chi connectivity index (χ1) is 21.8. The molecule has 3 aliphatic heterocycles. The number of benzene rings is 2. The van der Waals surface area contributed by atoms with E-state index in [2.05, 4.69) is 10.6 Å². The van der Waals surface area contributed by atoms with E-state index in [1.807, 2.05) is 55.5 Å². The molecule has 10 nitrogen and oxygen atoms in total. The van der Waals surface area contributed by atoms with Crippen molar-refractivity contribution in [3.8, 4) is 0 Å². The Bertz CT molecular complexity index is 1290. The monoisotopic (exact) mass is 654 g/mol. The number of rotatable bonds is 5. The predicted molar refractivity (Wildman–Crippen MR) is 179 cm³/mol. The van der Waals surface area contributed by atoms with Gasteiger partial charge in [0.2, 0.25) is 11.8 Å². The van der Waals surface area contributed by atoms with Crippen molar-refractivity contribution in [1.29, 1.82) is 0 Å². The molecule has 3 amide bonds. The lowest BCUT2D eigenvalue weighted by Crippen LogP contribution is -2.56. The molecule has 2 fully saturated rings. The lowest BCUT2D eigenvalue weighted by Gasteiger charge is -2.30. The van der Waals surface area contributed by atoms with E-state index in [9.17, 15) is 24.4 Å². The normalized spacial score (nSPS) is 24.4. The van der Waals surface area contributed by atoms with Gasteiger partial charge in [0, 0.05) is 26.1 Å². The van der Waals surface area contributed by atoms with Crippen LogP contribution >= 0.6 is 12.4 Å². The minimum Gasteiger partial charge on any atom is -0.444 e. The maximum absolute atomic E-state index is 14.2. The van der Waals surface area contributed by atoms with Crippen molar-refractivity contribution in [3.05, 3.63) is 70.8 Å². The van der Waals surface area contributed by atoms with E-state index in [0.717, 1.165) is 67.2 Å². The molecular formula is C34H48BClN4O6. The molecule has 4 N–H and O–H groups in total. The summed E-state index contributed by atoms with van der Waals surface area (Å²) in [6, 6.07) is 14.6. The lowest BCUT2D eigenvalue weighted by molar-refractivity contribution is -0.140. The van der Waals surface area contributed by atoms with Crippen LogP contribution in [0.25, 0.3) is 0 Å². The van der Waals surface area contributed by atoms with E-state index in [-0.39, 0.29) is 31.3 Å². The van der Waals surface area contributed by atoms with E-state index in [1.165, 1.54) is 4.90 Å². The molecule has 1 unspecified atom stereocenters. The molecule has 0 saturated carbocycles. The van der Waals surface area contributed by atoms with Gasteiger partial charge in [0.15, 0.2) is 0 Å². The smallest absolute Gasteiger partial charge is 0.444 e. The van der Waals surface area contributed by atoms with Gasteiger partial charge in [-0.2, -0.15) is 0 Å². The second-order valence-electron chi connectivity index (χ2n) is 12.9. The minimum atomic E-state index is -1.72. The number of nitrogens with one attached hydrogen (secondary N) is 2. The molecule has 4 atom stereocenters. The molecule has 2 aromatic rings. The summed E-state index contributed by atoms with van der Waals surface area (Å²) in [6.45, 7) is 3.55. The van der Waals surface area contributed by atoms with Gasteiger partial charge in [-0.15, -0.1) is 12.4 Å². The molecule has 2 saturated heterocycles. The van der Waals surface area contributed by atoms with Crippen LogP contribution in [0.5, 0.6) is 0 Å². The minimum absolute atomic E-state index is 0. The van der Waals surface area contributed by atoms with Gasteiger partial charge in [-0.1, -0.05) is 99.0 Å². The molecule has 2 aromatic carbocycles. The summed E-state index contributed by atoms with van der Waals surface area (Å²) in [7, 11) is -1.72. The second kappa shape index (κ2) is 17.2. The highest BCUT2D eigenvalue weighted by atomic mass is 35.5. The van der Waals surface area contributed by atoms with E-state index in [1.54, 1.807) is 4.90 Å². The van der Waals surface area contributed by atoms with Gasteiger partial charge in [-0.05, 0) is 36.5 Å². The highest BCUT2D eigenvalue weighted by molar-refractivity contribution is 6.43. The lowest BCUT2D eigenvalue weighted by atomic mass is 9.76. The zero-order valence-electron chi connectivity index (χ0n) is 26.7. The molecule has 0 bridgehead atoms. The number of halogens is 1. The highest BCUT2D eigenvalue weighted by Crippen LogP contribution is 2.27.